The molecule has 4 nitrogen and oxygen atoms in total. The van der Waals surface area contributed by atoms with Crippen LogP contribution in [0.2, 0.25) is 0 Å². The summed E-state index contributed by atoms with van der Waals surface area (Å²) in [6.45, 7) is 0.510. The zero-order chi connectivity index (χ0) is 16.8. The third-order valence-electron chi connectivity index (χ3n) is 3.52. The van der Waals surface area contributed by atoms with E-state index in [0.29, 0.717) is 12.2 Å². The minimum absolute atomic E-state index is 0.259. The molecule has 0 aliphatic carbocycles. The molecule has 3 rings (SSSR count). The Kier molecular flexibility index (Phi) is 4.77. The van der Waals surface area contributed by atoms with Crippen LogP contribution in [-0.2, 0) is 6.54 Å². The standard InChI is InChI=1S/C20H17NO3/c22-20(23)18-11-4-5-12-19(18)21-14-15-7-6-10-17(13-15)24-16-8-2-1-3-9-16/h1-13,21H,14H2,(H,22,23). The number of benzene rings is 3. The summed E-state index contributed by atoms with van der Waals surface area (Å²) in [6, 6.07) is 24.1. The number of hydrogen-bond donors (Lipinski definition) is 2. The van der Waals surface area contributed by atoms with Crippen molar-refractivity contribution in [1.82, 2.24) is 0 Å². The lowest BCUT2D eigenvalue weighted by Crippen LogP contribution is -2.06. The maximum Gasteiger partial charge on any atom is 0.337 e. The van der Waals surface area contributed by atoms with Crippen LogP contribution in [0.1, 0.15) is 15.9 Å². The topological polar surface area (TPSA) is 58.6 Å². The monoisotopic (exact) mass is 319 g/mol. The van der Waals surface area contributed by atoms with Gasteiger partial charge in [0, 0.05) is 12.2 Å². The Morgan fingerprint density at radius 3 is 2.38 bits per heavy atom. The lowest BCUT2D eigenvalue weighted by atomic mass is 10.1. The number of nitrogens with one attached hydrogen (secondary N) is 1. The molecule has 0 unspecified atom stereocenters. The van der Waals surface area contributed by atoms with Gasteiger partial charge in [-0.3, -0.25) is 0 Å². The number of hydrogen-bond acceptors (Lipinski definition) is 3. The first-order valence-corrected chi connectivity index (χ1v) is 7.60. The molecule has 0 aromatic heterocycles. The zero-order valence-electron chi connectivity index (χ0n) is 13.0. The predicted octanol–water partition coefficient (Wildman–Crippen LogP) is 4.79. The van der Waals surface area contributed by atoms with Crippen LogP contribution in [0.15, 0.2) is 78.9 Å². The second kappa shape index (κ2) is 7.33. The fourth-order valence-electron chi connectivity index (χ4n) is 2.36. The number of carboxylic acids is 1. The van der Waals surface area contributed by atoms with Crippen LogP contribution >= 0.6 is 0 Å². The van der Waals surface area contributed by atoms with Gasteiger partial charge in [-0.15, -0.1) is 0 Å². The van der Waals surface area contributed by atoms with Gasteiger partial charge < -0.3 is 15.2 Å². The van der Waals surface area contributed by atoms with Crippen LogP contribution in [-0.4, -0.2) is 11.1 Å². The molecule has 120 valence electrons. The van der Waals surface area contributed by atoms with Crippen LogP contribution in [0.3, 0.4) is 0 Å². The molecule has 0 aliphatic rings. The highest BCUT2D eigenvalue weighted by Crippen LogP contribution is 2.23. The molecule has 0 radical (unpaired) electrons. The summed E-state index contributed by atoms with van der Waals surface area (Å²) in [5, 5.41) is 12.4. The van der Waals surface area contributed by atoms with E-state index >= 15 is 0 Å². The van der Waals surface area contributed by atoms with Gasteiger partial charge in [-0.05, 0) is 42.0 Å². The van der Waals surface area contributed by atoms with Gasteiger partial charge in [0.15, 0.2) is 0 Å². The average Bonchev–Trinajstić information content (AvgIpc) is 2.61. The van der Waals surface area contributed by atoms with E-state index in [-0.39, 0.29) is 5.56 Å². The van der Waals surface area contributed by atoms with E-state index in [1.165, 1.54) is 0 Å². The van der Waals surface area contributed by atoms with E-state index in [0.717, 1.165) is 17.1 Å². The Hall–Kier alpha value is -3.27. The van der Waals surface area contributed by atoms with E-state index in [1.807, 2.05) is 60.7 Å². The Morgan fingerprint density at radius 1 is 0.875 bits per heavy atom. The van der Waals surface area contributed by atoms with Crippen LogP contribution < -0.4 is 10.1 Å². The van der Waals surface area contributed by atoms with Crippen LogP contribution in [0.25, 0.3) is 0 Å². The van der Waals surface area contributed by atoms with Crippen molar-refractivity contribution in [3.8, 4) is 11.5 Å². The molecule has 0 saturated heterocycles. The number of carbonyl (C=O) groups is 1. The minimum Gasteiger partial charge on any atom is -0.478 e. The normalized spacial score (nSPS) is 10.2. The Balaban J connectivity index is 1.70. The van der Waals surface area contributed by atoms with E-state index in [9.17, 15) is 9.90 Å². The van der Waals surface area contributed by atoms with Crippen molar-refractivity contribution in [3.05, 3.63) is 90.0 Å². The van der Waals surface area contributed by atoms with Gasteiger partial charge in [-0.2, -0.15) is 0 Å². The van der Waals surface area contributed by atoms with Crippen molar-refractivity contribution in [2.24, 2.45) is 0 Å². The number of carboxylic acid groups (broad SMARTS) is 1. The highest BCUT2D eigenvalue weighted by atomic mass is 16.5. The number of para-hydroxylation sites is 2. The van der Waals surface area contributed by atoms with Crippen molar-refractivity contribution in [2.75, 3.05) is 5.32 Å². The summed E-state index contributed by atoms with van der Waals surface area (Å²) < 4.78 is 5.81. The van der Waals surface area contributed by atoms with Gasteiger partial charge in [0.1, 0.15) is 11.5 Å². The lowest BCUT2D eigenvalue weighted by Gasteiger charge is -2.11. The molecule has 0 atom stereocenters. The molecular formula is C20H17NO3. The fourth-order valence-corrected chi connectivity index (χ4v) is 2.36. The molecule has 24 heavy (non-hydrogen) atoms. The van der Waals surface area contributed by atoms with E-state index < -0.39 is 5.97 Å². The van der Waals surface area contributed by atoms with Crippen LogP contribution in [0, 0.1) is 0 Å². The first-order chi connectivity index (χ1) is 11.7. The van der Waals surface area contributed by atoms with Gasteiger partial charge >= 0.3 is 5.97 Å². The maximum atomic E-state index is 11.2. The van der Waals surface area contributed by atoms with Gasteiger partial charge in [0.2, 0.25) is 0 Å². The molecule has 0 heterocycles. The maximum absolute atomic E-state index is 11.2. The summed E-state index contributed by atoms with van der Waals surface area (Å²) in [5.74, 6) is 0.574. The van der Waals surface area contributed by atoms with E-state index in [2.05, 4.69) is 5.32 Å². The number of rotatable bonds is 6. The van der Waals surface area contributed by atoms with E-state index in [1.54, 1.807) is 18.2 Å². The van der Waals surface area contributed by atoms with Gasteiger partial charge in [-0.1, -0.05) is 42.5 Å². The molecular weight excluding hydrogens is 302 g/mol. The highest BCUT2D eigenvalue weighted by molar-refractivity contribution is 5.94. The van der Waals surface area contributed by atoms with Crippen molar-refractivity contribution in [3.63, 3.8) is 0 Å². The zero-order valence-corrected chi connectivity index (χ0v) is 13.0. The van der Waals surface area contributed by atoms with E-state index in [4.69, 9.17) is 4.74 Å². The highest BCUT2D eigenvalue weighted by Gasteiger charge is 2.08. The lowest BCUT2D eigenvalue weighted by molar-refractivity contribution is 0.0698. The summed E-state index contributed by atoms with van der Waals surface area (Å²) in [4.78, 5) is 11.2. The van der Waals surface area contributed by atoms with Crippen molar-refractivity contribution in [1.29, 1.82) is 0 Å². The van der Waals surface area contributed by atoms with Crippen molar-refractivity contribution in [2.45, 2.75) is 6.54 Å². The molecule has 0 saturated carbocycles. The fraction of sp³-hybridized carbons (Fsp3) is 0.0500. The molecule has 0 spiro atoms. The molecule has 4 heteroatoms. The number of ether oxygens (including phenoxy) is 1. The molecule has 3 aromatic carbocycles. The molecule has 0 aliphatic heterocycles. The minimum atomic E-state index is -0.945. The number of aromatic carboxylic acids is 1. The van der Waals surface area contributed by atoms with Gasteiger partial charge in [0.05, 0.1) is 5.56 Å². The van der Waals surface area contributed by atoms with Crippen molar-refractivity contribution >= 4 is 11.7 Å². The largest absolute Gasteiger partial charge is 0.478 e. The second-order valence-corrected chi connectivity index (χ2v) is 5.27. The summed E-state index contributed by atoms with van der Waals surface area (Å²) in [7, 11) is 0. The summed E-state index contributed by atoms with van der Waals surface area (Å²) >= 11 is 0. The second-order valence-electron chi connectivity index (χ2n) is 5.27. The first-order valence-electron chi connectivity index (χ1n) is 7.60. The van der Waals surface area contributed by atoms with Crippen LogP contribution in [0.4, 0.5) is 5.69 Å². The SMILES string of the molecule is O=C(O)c1ccccc1NCc1cccc(Oc2ccccc2)c1. The molecule has 0 bridgehead atoms. The molecule has 0 amide bonds. The molecule has 0 fully saturated rings. The predicted molar refractivity (Wildman–Crippen MR) is 93.7 cm³/mol. The Morgan fingerprint density at radius 2 is 1.58 bits per heavy atom. The Labute approximate surface area is 140 Å². The summed E-state index contributed by atoms with van der Waals surface area (Å²) in [6.07, 6.45) is 0. The first kappa shape index (κ1) is 15.6. The number of anilines is 1. The summed E-state index contributed by atoms with van der Waals surface area (Å²) in [5.41, 5.74) is 1.86. The quantitative estimate of drug-likeness (QED) is 0.686. The van der Waals surface area contributed by atoms with Gasteiger partial charge in [-0.25, -0.2) is 4.79 Å². The van der Waals surface area contributed by atoms with Crippen LogP contribution in [0.5, 0.6) is 11.5 Å². The molecule has 2 N–H and O–H groups in total. The average molecular weight is 319 g/mol. The van der Waals surface area contributed by atoms with Crippen molar-refractivity contribution < 1.29 is 14.6 Å². The third kappa shape index (κ3) is 3.93. The van der Waals surface area contributed by atoms with Gasteiger partial charge in [0.25, 0.3) is 0 Å². The smallest absolute Gasteiger partial charge is 0.337 e. The third-order valence-corrected chi connectivity index (χ3v) is 3.52. The Bertz CT molecular complexity index is 831. The molecule has 3 aromatic rings.